The van der Waals surface area contributed by atoms with Gasteiger partial charge in [-0.3, -0.25) is 24.0 Å². The maximum atomic E-state index is 13.0. The lowest BCUT2D eigenvalue weighted by Gasteiger charge is -2.29. The van der Waals surface area contributed by atoms with E-state index in [0.29, 0.717) is 12.8 Å². The Balaban J connectivity index is 3.00. The lowest BCUT2D eigenvalue weighted by molar-refractivity contribution is -0.150. The Morgan fingerprint density at radius 3 is 2.24 bits per heavy atom. The summed E-state index contributed by atoms with van der Waals surface area (Å²) in [6.07, 6.45) is 0.216. The van der Waals surface area contributed by atoms with Crippen LogP contribution in [0.4, 0.5) is 0 Å². The lowest BCUT2D eigenvalue weighted by atomic mass is 9.97. The van der Waals surface area contributed by atoms with E-state index in [1.807, 2.05) is 0 Å². The molecule has 1 rings (SSSR count). The van der Waals surface area contributed by atoms with Crippen LogP contribution >= 0.6 is 0 Å². The molecule has 0 aromatic carbocycles. The van der Waals surface area contributed by atoms with E-state index >= 15 is 0 Å². The molecule has 186 valence electrons. The molecule has 0 aromatic heterocycles. The van der Waals surface area contributed by atoms with Gasteiger partial charge >= 0.3 is 11.9 Å². The Kier molecular flexibility index (Phi) is 10.7. The average Bonchev–Trinajstić information content (AvgIpc) is 3.23. The fraction of sp³-hybridized carbons (Fsp3) is 0.700. The minimum atomic E-state index is -1.51. The first-order valence-electron chi connectivity index (χ1n) is 10.8. The normalized spacial score (nSPS) is 19.1. The predicted octanol–water partition coefficient (Wildman–Crippen LogP) is -1.85. The van der Waals surface area contributed by atoms with Crippen molar-refractivity contribution >= 4 is 35.6 Å². The van der Waals surface area contributed by atoms with Gasteiger partial charge in [0, 0.05) is 13.0 Å². The number of aliphatic carboxylic acids is 2. The van der Waals surface area contributed by atoms with Gasteiger partial charge in [0.05, 0.1) is 12.5 Å². The fourth-order valence-corrected chi connectivity index (χ4v) is 3.51. The number of hydrogen-bond donors (Lipinski definition) is 6. The molecular weight excluding hydrogens is 438 g/mol. The van der Waals surface area contributed by atoms with Crippen molar-refractivity contribution in [3.05, 3.63) is 0 Å². The Labute approximate surface area is 191 Å². The zero-order valence-corrected chi connectivity index (χ0v) is 18.8. The highest BCUT2D eigenvalue weighted by Crippen LogP contribution is 2.19. The van der Waals surface area contributed by atoms with Crippen molar-refractivity contribution in [3.63, 3.8) is 0 Å². The molecule has 4 amide bonds. The molecule has 1 aliphatic rings. The van der Waals surface area contributed by atoms with Crippen LogP contribution in [0.2, 0.25) is 0 Å². The van der Waals surface area contributed by atoms with Crippen LogP contribution in [0, 0.1) is 5.92 Å². The van der Waals surface area contributed by atoms with E-state index in [9.17, 15) is 39.0 Å². The first-order chi connectivity index (χ1) is 15.4. The van der Waals surface area contributed by atoms with Gasteiger partial charge in [0.2, 0.25) is 23.6 Å². The molecule has 5 atom stereocenters. The van der Waals surface area contributed by atoms with Crippen molar-refractivity contribution in [3.8, 4) is 0 Å². The van der Waals surface area contributed by atoms with Crippen molar-refractivity contribution in [2.24, 2.45) is 17.4 Å². The summed E-state index contributed by atoms with van der Waals surface area (Å²) in [5.41, 5.74) is 10.8. The van der Waals surface area contributed by atoms with Crippen LogP contribution in [-0.2, 0) is 28.8 Å². The summed E-state index contributed by atoms with van der Waals surface area (Å²) in [6, 6.07) is -4.85. The summed E-state index contributed by atoms with van der Waals surface area (Å²) < 4.78 is 0. The molecule has 1 saturated heterocycles. The number of hydrogen-bond acceptors (Lipinski definition) is 7. The minimum absolute atomic E-state index is 0.0261. The summed E-state index contributed by atoms with van der Waals surface area (Å²) in [5, 5.41) is 23.4. The number of carboxylic acids is 2. The molecule has 0 saturated carbocycles. The third-order valence-electron chi connectivity index (χ3n) is 5.65. The van der Waals surface area contributed by atoms with E-state index < -0.39 is 72.1 Å². The second-order valence-corrected chi connectivity index (χ2v) is 8.17. The first-order valence-corrected chi connectivity index (χ1v) is 10.8. The first kappa shape index (κ1) is 27.8. The standard InChI is InChI=1S/C20H33N5O8/c1-3-10(2)16(24-17(29)11(21)6-7-14(22)26)18(30)23-12(9-15(27)28)19(31)25-8-4-5-13(25)20(32)33/h10-13,16H,3-9,21H2,1-2H3,(H2,22,26)(H,23,30)(H,24,29)(H,27,28)(H,32,33). The molecule has 8 N–H and O–H groups in total. The van der Waals surface area contributed by atoms with Gasteiger partial charge in [0.1, 0.15) is 18.1 Å². The number of carbonyl (C=O) groups is 6. The Bertz CT molecular complexity index is 774. The van der Waals surface area contributed by atoms with Crippen molar-refractivity contribution in [2.75, 3.05) is 6.54 Å². The highest BCUT2D eigenvalue weighted by atomic mass is 16.4. The van der Waals surface area contributed by atoms with E-state index in [0.717, 1.165) is 4.90 Å². The second kappa shape index (κ2) is 12.7. The van der Waals surface area contributed by atoms with Crippen molar-refractivity contribution in [2.45, 2.75) is 76.5 Å². The quantitative estimate of drug-likeness (QED) is 0.177. The smallest absolute Gasteiger partial charge is 0.326 e. The van der Waals surface area contributed by atoms with Gasteiger partial charge in [-0.15, -0.1) is 0 Å². The lowest BCUT2D eigenvalue weighted by Crippen LogP contribution is -2.59. The Morgan fingerprint density at radius 1 is 1.09 bits per heavy atom. The van der Waals surface area contributed by atoms with Crippen LogP contribution < -0.4 is 22.1 Å². The molecule has 13 nitrogen and oxygen atoms in total. The molecule has 0 radical (unpaired) electrons. The van der Waals surface area contributed by atoms with Crippen LogP contribution in [0.5, 0.6) is 0 Å². The Morgan fingerprint density at radius 2 is 1.73 bits per heavy atom. The zero-order valence-electron chi connectivity index (χ0n) is 18.8. The van der Waals surface area contributed by atoms with Crippen molar-refractivity contribution in [1.82, 2.24) is 15.5 Å². The predicted molar refractivity (Wildman–Crippen MR) is 114 cm³/mol. The third-order valence-corrected chi connectivity index (χ3v) is 5.65. The number of rotatable bonds is 13. The zero-order chi connectivity index (χ0) is 25.3. The molecule has 13 heteroatoms. The van der Waals surface area contributed by atoms with Crippen molar-refractivity contribution < 1.29 is 39.0 Å². The molecular formula is C20H33N5O8. The number of likely N-dealkylation sites (tertiary alicyclic amines) is 1. The van der Waals surface area contributed by atoms with Gasteiger partial charge in [0.25, 0.3) is 0 Å². The van der Waals surface area contributed by atoms with E-state index in [4.69, 9.17) is 11.5 Å². The molecule has 5 unspecified atom stereocenters. The van der Waals surface area contributed by atoms with Crippen LogP contribution in [0.3, 0.4) is 0 Å². The summed E-state index contributed by atoms with van der Waals surface area (Å²) in [4.78, 5) is 73.0. The van der Waals surface area contributed by atoms with Crippen molar-refractivity contribution in [1.29, 1.82) is 0 Å². The average molecular weight is 472 g/mol. The van der Waals surface area contributed by atoms with Crippen LogP contribution in [0.25, 0.3) is 0 Å². The molecule has 0 aliphatic carbocycles. The molecule has 0 bridgehead atoms. The van der Waals surface area contributed by atoms with Gasteiger partial charge < -0.3 is 37.2 Å². The van der Waals surface area contributed by atoms with Gasteiger partial charge in [-0.25, -0.2) is 4.79 Å². The molecule has 0 spiro atoms. The number of nitrogens with two attached hydrogens (primary N) is 2. The maximum absolute atomic E-state index is 13.0. The van der Waals surface area contributed by atoms with Gasteiger partial charge in [-0.1, -0.05) is 20.3 Å². The second-order valence-electron chi connectivity index (χ2n) is 8.17. The summed E-state index contributed by atoms with van der Waals surface area (Å²) in [6.45, 7) is 3.57. The monoisotopic (exact) mass is 471 g/mol. The SMILES string of the molecule is CCC(C)C(NC(=O)C(N)CCC(N)=O)C(=O)NC(CC(=O)O)C(=O)N1CCCC1C(=O)O. The van der Waals surface area contributed by atoms with Crippen LogP contribution in [0.15, 0.2) is 0 Å². The van der Waals surface area contributed by atoms with E-state index in [1.54, 1.807) is 13.8 Å². The summed E-state index contributed by atoms with van der Waals surface area (Å²) >= 11 is 0. The number of nitrogens with one attached hydrogen (secondary N) is 2. The van der Waals surface area contributed by atoms with E-state index in [-0.39, 0.29) is 25.8 Å². The number of carbonyl (C=O) groups excluding carboxylic acids is 4. The van der Waals surface area contributed by atoms with Crippen LogP contribution in [0.1, 0.15) is 52.4 Å². The number of amides is 4. The van der Waals surface area contributed by atoms with Gasteiger partial charge in [-0.2, -0.15) is 0 Å². The summed E-state index contributed by atoms with van der Waals surface area (Å²) in [7, 11) is 0. The highest BCUT2D eigenvalue weighted by Gasteiger charge is 2.39. The number of primary amides is 1. The fourth-order valence-electron chi connectivity index (χ4n) is 3.51. The maximum Gasteiger partial charge on any atom is 0.326 e. The third kappa shape index (κ3) is 8.33. The molecule has 1 aliphatic heterocycles. The highest BCUT2D eigenvalue weighted by molar-refractivity contribution is 5.96. The van der Waals surface area contributed by atoms with E-state index in [1.165, 1.54) is 0 Å². The largest absolute Gasteiger partial charge is 0.481 e. The molecule has 33 heavy (non-hydrogen) atoms. The van der Waals surface area contributed by atoms with Gasteiger partial charge in [-0.05, 0) is 25.2 Å². The van der Waals surface area contributed by atoms with Gasteiger partial charge in [0.15, 0.2) is 0 Å². The molecule has 0 aromatic rings. The Hall–Kier alpha value is -3.22. The topological polar surface area (TPSA) is 222 Å². The minimum Gasteiger partial charge on any atom is -0.481 e. The number of nitrogens with zero attached hydrogens (tertiary/aromatic N) is 1. The van der Waals surface area contributed by atoms with Crippen LogP contribution in [-0.4, -0.2) is 81.4 Å². The molecule has 1 heterocycles. The van der Waals surface area contributed by atoms with E-state index in [2.05, 4.69) is 10.6 Å². The summed E-state index contributed by atoms with van der Waals surface area (Å²) in [5.74, 6) is -5.94. The molecule has 1 fully saturated rings. The number of carboxylic acid groups (broad SMARTS) is 2.